The number of para-hydroxylation sites is 2. The Morgan fingerprint density at radius 2 is 2.27 bits per heavy atom. The Bertz CT molecular complexity index is 693. The molecule has 1 amide bonds. The number of carbonyl (C=O) groups excluding carboxylic acids is 1. The first-order valence-electron chi connectivity index (χ1n) is 7.49. The predicted octanol–water partition coefficient (Wildman–Crippen LogP) is 1.72. The highest BCUT2D eigenvalue weighted by Gasteiger charge is 2.24. The van der Waals surface area contributed by atoms with E-state index in [0.717, 1.165) is 24.2 Å². The van der Waals surface area contributed by atoms with Crippen LogP contribution < -0.4 is 15.4 Å². The zero-order valence-electron chi connectivity index (χ0n) is 12.8. The number of benzene rings is 1. The molecule has 0 radical (unpaired) electrons. The summed E-state index contributed by atoms with van der Waals surface area (Å²) in [5.41, 5.74) is 3.26. The number of rotatable bonds is 4. The van der Waals surface area contributed by atoms with Crippen LogP contribution in [0.2, 0.25) is 0 Å². The van der Waals surface area contributed by atoms with Gasteiger partial charge in [-0.3, -0.25) is 9.48 Å². The van der Waals surface area contributed by atoms with Crippen LogP contribution in [-0.2, 0) is 20.0 Å². The van der Waals surface area contributed by atoms with Gasteiger partial charge in [-0.2, -0.15) is 5.10 Å². The highest BCUT2D eigenvalue weighted by molar-refractivity contribution is 6.04. The van der Waals surface area contributed by atoms with Crippen molar-refractivity contribution in [3.05, 3.63) is 41.2 Å². The number of amides is 1. The summed E-state index contributed by atoms with van der Waals surface area (Å²) in [4.78, 5) is 12.6. The highest BCUT2D eigenvalue weighted by Crippen LogP contribution is 2.25. The van der Waals surface area contributed by atoms with Gasteiger partial charge >= 0.3 is 0 Å². The van der Waals surface area contributed by atoms with E-state index in [0.29, 0.717) is 30.3 Å². The van der Waals surface area contributed by atoms with Gasteiger partial charge in [-0.1, -0.05) is 12.1 Å². The lowest BCUT2D eigenvalue weighted by Gasteiger charge is -2.14. The average Bonchev–Trinajstić information content (AvgIpc) is 2.87. The smallest absolute Gasteiger partial charge is 0.276 e. The largest absolute Gasteiger partial charge is 0.492 e. The van der Waals surface area contributed by atoms with E-state index >= 15 is 0 Å². The van der Waals surface area contributed by atoms with Gasteiger partial charge in [0.25, 0.3) is 5.91 Å². The summed E-state index contributed by atoms with van der Waals surface area (Å²) in [6.45, 7) is 4.06. The first kappa shape index (κ1) is 14.6. The van der Waals surface area contributed by atoms with E-state index in [9.17, 15) is 4.79 Å². The quantitative estimate of drug-likeness (QED) is 0.902. The number of anilines is 1. The molecule has 0 aliphatic carbocycles. The molecule has 22 heavy (non-hydrogen) atoms. The minimum Gasteiger partial charge on any atom is -0.492 e. The van der Waals surface area contributed by atoms with Gasteiger partial charge in [0.2, 0.25) is 0 Å². The molecule has 0 fully saturated rings. The summed E-state index contributed by atoms with van der Waals surface area (Å²) >= 11 is 0. The molecule has 0 unspecified atom stereocenters. The topological polar surface area (TPSA) is 68.2 Å². The SMILES string of the molecule is CCOc1ccccc1NC(=O)c1nn(C)c2c1CNCC2. The van der Waals surface area contributed by atoms with Gasteiger partial charge in [0.1, 0.15) is 5.75 Å². The summed E-state index contributed by atoms with van der Waals surface area (Å²) in [7, 11) is 1.88. The monoisotopic (exact) mass is 300 g/mol. The minimum atomic E-state index is -0.201. The molecular formula is C16H20N4O2. The van der Waals surface area contributed by atoms with Crippen molar-refractivity contribution < 1.29 is 9.53 Å². The molecule has 3 rings (SSSR count). The molecule has 1 aromatic carbocycles. The van der Waals surface area contributed by atoms with Crippen LogP contribution in [0.25, 0.3) is 0 Å². The van der Waals surface area contributed by atoms with Crippen molar-refractivity contribution in [1.82, 2.24) is 15.1 Å². The molecule has 2 heterocycles. The Kier molecular flexibility index (Phi) is 4.11. The van der Waals surface area contributed by atoms with E-state index in [2.05, 4.69) is 15.7 Å². The Hall–Kier alpha value is -2.34. The maximum Gasteiger partial charge on any atom is 0.276 e. The Labute approximate surface area is 129 Å². The minimum absolute atomic E-state index is 0.201. The molecule has 6 nitrogen and oxygen atoms in total. The van der Waals surface area contributed by atoms with Crippen molar-refractivity contribution in [2.24, 2.45) is 7.05 Å². The van der Waals surface area contributed by atoms with Crippen LogP contribution in [0.3, 0.4) is 0 Å². The van der Waals surface area contributed by atoms with Crippen LogP contribution in [0.4, 0.5) is 5.69 Å². The molecule has 0 atom stereocenters. The third kappa shape index (κ3) is 2.69. The number of hydrogen-bond donors (Lipinski definition) is 2. The van der Waals surface area contributed by atoms with Crippen molar-refractivity contribution in [3.8, 4) is 5.75 Å². The Morgan fingerprint density at radius 1 is 1.45 bits per heavy atom. The molecule has 0 spiro atoms. The zero-order valence-corrected chi connectivity index (χ0v) is 12.8. The van der Waals surface area contributed by atoms with Gasteiger partial charge in [-0.05, 0) is 19.1 Å². The summed E-state index contributed by atoms with van der Waals surface area (Å²) < 4.78 is 7.34. The second kappa shape index (κ2) is 6.19. The maximum absolute atomic E-state index is 12.6. The number of ether oxygens (including phenoxy) is 1. The lowest BCUT2D eigenvalue weighted by Crippen LogP contribution is -2.26. The van der Waals surface area contributed by atoms with Crippen LogP contribution in [0.5, 0.6) is 5.75 Å². The Balaban J connectivity index is 1.87. The molecule has 0 saturated carbocycles. The van der Waals surface area contributed by atoms with Crippen molar-refractivity contribution in [1.29, 1.82) is 0 Å². The van der Waals surface area contributed by atoms with E-state index < -0.39 is 0 Å². The number of carbonyl (C=O) groups is 1. The standard InChI is InChI=1S/C16H20N4O2/c1-3-22-14-7-5-4-6-12(14)18-16(21)15-11-10-17-9-8-13(11)20(2)19-15/h4-7,17H,3,8-10H2,1-2H3,(H,18,21). The molecule has 1 aliphatic rings. The van der Waals surface area contributed by atoms with E-state index in [1.54, 1.807) is 4.68 Å². The summed E-state index contributed by atoms with van der Waals surface area (Å²) in [6.07, 6.45) is 0.891. The van der Waals surface area contributed by atoms with Gasteiger partial charge in [-0.25, -0.2) is 0 Å². The average molecular weight is 300 g/mol. The summed E-state index contributed by atoms with van der Waals surface area (Å²) in [5.74, 6) is 0.467. The van der Waals surface area contributed by atoms with Gasteiger partial charge in [-0.15, -0.1) is 0 Å². The van der Waals surface area contributed by atoms with Crippen LogP contribution in [-0.4, -0.2) is 28.8 Å². The van der Waals surface area contributed by atoms with Crippen molar-refractivity contribution in [3.63, 3.8) is 0 Å². The van der Waals surface area contributed by atoms with Gasteiger partial charge < -0.3 is 15.4 Å². The van der Waals surface area contributed by atoms with Crippen LogP contribution in [0.15, 0.2) is 24.3 Å². The maximum atomic E-state index is 12.6. The van der Waals surface area contributed by atoms with Crippen LogP contribution in [0, 0.1) is 0 Å². The molecular weight excluding hydrogens is 280 g/mol. The van der Waals surface area contributed by atoms with Crippen molar-refractivity contribution >= 4 is 11.6 Å². The third-order valence-corrected chi connectivity index (χ3v) is 3.77. The number of nitrogens with zero attached hydrogens (tertiary/aromatic N) is 2. The van der Waals surface area contributed by atoms with Crippen LogP contribution in [0.1, 0.15) is 28.7 Å². The van der Waals surface area contributed by atoms with E-state index in [4.69, 9.17) is 4.74 Å². The van der Waals surface area contributed by atoms with Crippen molar-refractivity contribution in [2.45, 2.75) is 19.9 Å². The fourth-order valence-corrected chi connectivity index (χ4v) is 2.74. The molecule has 2 N–H and O–H groups in total. The number of aryl methyl sites for hydroxylation is 1. The second-order valence-electron chi connectivity index (χ2n) is 5.21. The molecule has 6 heteroatoms. The lowest BCUT2D eigenvalue weighted by molar-refractivity contribution is 0.102. The third-order valence-electron chi connectivity index (χ3n) is 3.77. The number of nitrogens with one attached hydrogen (secondary N) is 2. The van der Waals surface area contributed by atoms with E-state index in [-0.39, 0.29) is 5.91 Å². The molecule has 0 saturated heterocycles. The number of hydrogen-bond acceptors (Lipinski definition) is 4. The lowest BCUT2D eigenvalue weighted by atomic mass is 10.1. The highest BCUT2D eigenvalue weighted by atomic mass is 16.5. The molecule has 2 aromatic rings. The first-order valence-corrected chi connectivity index (χ1v) is 7.49. The van der Waals surface area contributed by atoms with Gasteiger partial charge in [0.05, 0.1) is 12.3 Å². The summed E-state index contributed by atoms with van der Waals surface area (Å²) in [6, 6.07) is 7.42. The zero-order chi connectivity index (χ0) is 15.5. The molecule has 0 bridgehead atoms. The van der Waals surface area contributed by atoms with Crippen molar-refractivity contribution in [2.75, 3.05) is 18.5 Å². The molecule has 1 aliphatic heterocycles. The number of fused-ring (bicyclic) bond motifs is 1. The molecule has 116 valence electrons. The predicted molar refractivity (Wildman–Crippen MR) is 84.2 cm³/mol. The van der Waals surface area contributed by atoms with E-state index in [1.807, 2.05) is 38.2 Å². The van der Waals surface area contributed by atoms with Gasteiger partial charge in [0.15, 0.2) is 5.69 Å². The molecule has 1 aromatic heterocycles. The fourth-order valence-electron chi connectivity index (χ4n) is 2.74. The van der Waals surface area contributed by atoms with E-state index in [1.165, 1.54) is 0 Å². The summed E-state index contributed by atoms with van der Waals surface area (Å²) in [5, 5.41) is 10.6. The number of aromatic nitrogens is 2. The fraction of sp³-hybridized carbons (Fsp3) is 0.375. The normalized spacial score (nSPS) is 13.5. The van der Waals surface area contributed by atoms with Crippen LogP contribution >= 0.6 is 0 Å². The van der Waals surface area contributed by atoms with Gasteiger partial charge in [0, 0.05) is 37.8 Å². The Morgan fingerprint density at radius 3 is 3.09 bits per heavy atom. The first-order chi connectivity index (χ1) is 10.7. The second-order valence-corrected chi connectivity index (χ2v) is 5.21.